The molecule has 0 saturated heterocycles. The number of thiazole rings is 1. The van der Waals surface area contributed by atoms with Crippen molar-refractivity contribution in [2.75, 3.05) is 0 Å². The molecule has 1 aliphatic rings. The Morgan fingerprint density at radius 3 is 2.50 bits per heavy atom. The Labute approximate surface area is 126 Å². The maximum Gasteiger partial charge on any atom is 0.0985 e. The highest BCUT2D eigenvalue weighted by Crippen LogP contribution is 2.33. The number of hydrogen-bond donors (Lipinski definition) is 2. The van der Waals surface area contributed by atoms with Gasteiger partial charge < -0.3 is 10.4 Å². The van der Waals surface area contributed by atoms with Crippen molar-refractivity contribution in [3.63, 3.8) is 0 Å². The molecular formula is C16H28N2OS. The lowest BCUT2D eigenvalue weighted by atomic mass is 9.92. The summed E-state index contributed by atoms with van der Waals surface area (Å²) in [6, 6.07) is 0.500. The van der Waals surface area contributed by atoms with Gasteiger partial charge in [-0.1, -0.05) is 33.6 Å². The van der Waals surface area contributed by atoms with Crippen molar-refractivity contribution in [1.82, 2.24) is 10.3 Å². The number of aliphatic hydroxyl groups excluding tert-OH is 1. The summed E-state index contributed by atoms with van der Waals surface area (Å²) in [7, 11) is 0. The average Bonchev–Trinajstić information content (AvgIpc) is 2.74. The lowest BCUT2D eigenvalue weighted by Gasteiger charge is -2.31. The van der Waals surface area contributed by atoms with Crippen molar-refractivity contribution in [3.8, 4) is 0 Å². The second-order valence-electron chi connectivity index (χ2n) is 7.07. The van der Waals surface area contributed by atoms with Gasteiger partial charge in [0.15, 0.2) is 0 Å². The molecule has 1 saturated carbocycles. The normalized spacial score (nSPS) is 25.7. The number of aryl methyl sites for hydroxylation is 1. The largest absolute Gasteiger partial charge is 0.392 e. The second-order valence-corrected chi connectivity index (χ2v) is 8.10. The molecule has 0 aromatic carbocycles. The molecule has 20 heavy (non-hydrogen) atoms. The quantitative estimate of drug-likeness (QED) is 0.894. The van der Waals surface area contributed by atoms with E-state index >= 15 is 0 Å². The van der Waals surface area contributed by atoms with Crippen LogP contribution in [0, 0.1) is 6.92 Å². The van der Waals surface area contributed by atoms with Crippen LogP contribution in [0.3, 0.4) is 0 Å². The van der Waals surface area contributed by atoms with Gasteiger partial charge in [0.25, 0.3) is 0 Å². The molecule has 0 aliphatic heterocycles. The van der Waals surface area contributed by atoms with Gasteiger partial charge in [0.2, 0.25) is 0 Å². The van der Waals surface area contributed by atoms with Crippen LogP contribution >= 0.6 is 11.3 Å². The SMILES string of the molecule is Cc1nc(C(C)(C)C)sc1C(C)NC1CCCCC1O. The molecule has 0 spiro atoms. The lowest BCUT2D eigenvalue weighted by molar-refractivity contribution is 0.0861. The molecule has 0 radical (unpaired) electrons. The van der Waals surface area contributed by atoms with Crippen molar-refractivity contribution < 1.29 is 5.11 Å². The fourth-order valence-electron chi connectivity index (χ4n) is 2.83. The summed E-state index contributed by atoms with van der Waals surface area (Å²) in [6.45, 7) is 10.9. The second kappa shape index (κ2) is 6.12. The number of rotatable bonds is 3. The number of hydrogen-bond acceptors (Lipinski definition) is 4. The predicted octanol–water partition coefficient (Wildman–Crippen LogP) is 3.70. The Kier molecular flexibility index (Phi) is 4.88. The zero-order valence-electron chi connectivity index (χ0n) is 13.4. The highest BCUT2D eigenvalue weighted by atomic mass is 32.1. The monoisotopic (exact) mass is 296 g/mol. The standard InChI is InChI=1S/C16H28N2OS/c1-10(17-12-8-6-7-9-13(12)19)14-11(2)18-15(20-14)16(3,4)5/h10,12-13,17,19H,6-9H2,1-5H3. The fraction of sp³-hybridized carbons (Fsp3) is 0.812. The van der Waals surface area contributed by atoms with Crippen molar-refractivity contribution in [2.24, 2.45) is 0 Å². The molecular weight excluding hydrogens is 268 g/mol. The van der Waals surface area contributed by atoms with Crippen LogP contribution in [0.15, 0.2) is 0 Å². The van der Waals surface area contributed by atoms with E-state index in [2.05, 4.69) is 39.9 Å². The van der Waals surface area contributed by atoms with E-state index in [4.69, 9.17) is 4.98 Å². The van der Waals surface area contributed by atoms with Crippen LogP contribution in [0.1, 0.15) is 75.0 Å². The summed E-state index contributed by atoms with van der Waals surface area (Å²) < 4.78 is 0. The van der Waals surface area contributed by atoms with Gasteiger partial charge in [-0.15, -0.1) is 11.3 Å². The van der Waals surface area contributed by atoms with Crippen LogP contribution in [0.5, 0.6) is 0 Å². The van der Waals surface area contributed by atoms with E-state index < -0.39 is 0 Å². The van der Waals surface area contributed by atoms with Gasteiger partial charge in [0.1, 0.15) is 0 Å². The summed E-state index contributed by atoms with van der Waals surface area (Å²) in [6.07, 6.45) is 4.19. The van der Waals surface area contributed by atoms with Gasteiger partial charge in [-0.05, 0) is 26.7 Å². The van der Waals surface area contributed by atoms with E-state index in [1.54, 1.807) is 0 Å². The summed E-state index contributed by atoms with van der Waals surface area (Å²) in [5.41, 5.74) is 1.24. The summed E-state index contributed by atoms with van der Waals surface area (Å²) in [4.78, 5) is 6.04. The van der Waals surface area contributed by atoms with Crippen molar-refractivity contribution in [2.45, 2.75) is 83.9 Å². The van der Waals surface area contributed by atoms with E-state index in [-0.39, 0.29) is 23.6 Å². The Balaban J connectivity index is 2.09. The molecule has 2 rings (SSSR count). The van der Waals surface area contributed by atoms with Gasteiger partial charge in [0.05, 0.1) is 16.8 Å². The minimum absolute atomic E-state index is 0.109. The Morgan fingerprint density at radius 2 is 1.95 bits per heavy atom. The first-order chi connectivity index (χ1) is 9.29. The molecule has 3 nitrogen and oxygen atoms in total. The molecule has 1 fully saturated rings. The van der Waals surface area contributed by atoms with E-state index in [0.717, 1.165) is 25.0 Å². The molecule has 114 valence electrons. The third kappa shape index (κ3) is 3.60. The van der Waals surface area contributed by atoms with Crippen molar-refractivity contribution >= 4 is 11.3 Å². The van der Waals surface area contributed by atoms with E-state index in [0.29, 0.717) is 0 Å². The average molecular weight is 296 g/mol. The smallest absolute Gasteiger partial charge is 0.0985 e. The first-order valence-electron chi connectivity index (χ1n) is 7.71. The maximum atomic E-state index is 10.1. The molecule has 3 atom stereocenters. The van der Waals surface area contributed by atoms with E-state index in [9.17, 15) is 5.11 Å². The van der Waals surface area contributed by atoms with Crippen LogP contribution in [0.25, 0.3) is 0 Å². The highest BCUT2D eigenvalue weighted by Gasteiger charge is 2.27. The summed E-state index contributed by atoms with van der Waals surface area (Å²) in [5.74, 6) is 0. The van der Waals surface area contributed by atoms with Crippen molar-refractivity contribution in [3.05, 3.63) is 15.6 Å². The van der Waals surface area contributed by atoms with Gasteiger partial charge in [-0.3, -0.25) is 0 Å². The molecule has 0 bridgehead atoms. The van der Waals surface area contributed by atoms with E-state index in [1.165, 1.54) is 16.3 Å². The minimum atomic E-state index is -0.193. The molecule has 0 amide bonds. The summed E-state index contributed by atoms with van der Waals surface area (Å²) in [5, 5.41) is 14.9. The molecule has 4 heteroatoms. The van der Waals surface area contributed by atoms with Crippen LogP contribution in [0.2, 0.25) is 0 Å². The van der Waals surface area contributed by atoms with Gasteiger partial charge in [-0.25, -0.2) is 4.98 Å². The predicted molar refractivity (Wildman–Crippen MR) is 85.4 cm³/mol. The molecule has 1 heterocycles. The summed E-state index contributed by atoms with van der Waals surface area (Å²) >= 11 is 1.81. The topological polar surface area (TPSA) is 45.2 Å². The Hall–Kier alpha value is -0.450. The molecule has 1 aliphatic carbocycles. The highest BCUT2D eigenvalue weighted by molar-refractivity contribution is 7.12. The molecule has 1 aromatic rings. The number of aliphatic hydroxyl groups is 1. The van der Waals surface area contributed by atoms with Gasteiger partial charge in [-0.2, -0.15) is 0 Å². The zero-order valence-corrected chi connectivity index (χ0v) is 14.2. The van der Waals surface area contributed by atoms with Crippen molar-refractivity contribution in [1.29, 1.82) is 0 Å². The first-order valence-corrected chi connectivity index (χ1v) is 8.52. The van der Waals surface area contributed by atoms with E-state index in [1.807, 2.05) is 11.3 Å². The third-order valence-corrected chi connectivity index (χ3v) is 5.83. The van der Waals surface area contributed by atoms with Crippen LogP contribution in [0.4, 0.5) is 0 Å². The minimum Gasteiger partial charge on any atom is -0.392 e. The molecule has 2 N–H and O–H groups in total. The Bertz CT molecular complexity index is 450. The number of nitrogens with zero attached hydrogens (tertiary/aromatic N) is 1. The van der Waals surface area contributed by atoms with Crippen LogP contribution in [-0.2, 0) is 5.41 Å². The Morgan fingerprint density at radius 1 is 1.30 bits per heavy atom. The third-order valence-electron chi connectivity index (χ3n) is 4.06. The first kappa shape index (κ1) is 15.9. The van der Waals surface area contributed by atoms with Crippen LogP contribution < -0.4 is 5.32 Å². The molecule has 3 unspecified atom stereocenters. The fourth-order valence-corrected chi connectivity index (χ4v) is 3.97. The van der Waals surface area contributed by atoms with Gasteiger partial charge >= 0.3 is 0 Å². The number of nitrogens with one attached hydrogen (secondary N) is 1. The molecule has 1 aromatic heterocycles. The van der Waals surface area contributed by atoms with Crippen LogP contribution in [-0.4, -0.2) is 22.2 Å². The maximum absolute atomic E-state index is 10.1. The zero-order chi connectivity index (χ0) is 14.9. The number of aromatic nitrogens is 1. The van der Waals surface area contributed by atoms with Gasteiger partial charge in [0, 0.05) is 22.4 Å². The lowest BCUT2D eigenvalue weighted by Crippen LogP contribution is -2.43.